The van der Waals surface area contributed by atoms with E-state index in [9.17, 15) is 9.59 Å². The largest absolute Gasteiger partial charge is 0.460 e. The second-order valence-corrected chi connectivity index (χ2v) is 8.34. The normalized spacial score (nSPS) is 14.6. The lowest BCUT2D eigenvalue weighted by molar-refractivity contribution is -0.156. The van der Waals surface area contributed by atoms with Gasteiger partial charge in [0, 0.05) is 43.9 Å². The fourth-order valence-electron chi connectivity index (χ4n) is 3.57. The zero-order chi connectivity index (χ0) is 20.9. The lowest BCUT2D eigenvalue weighted by atomic mass is 10.0. The van der Waals surface area contributed by atoms with Crippen molar-refractivity contribution in [2.24, 2.45) is 0 Å². The Kier molecular flexibility index (Phi) is 6.57. The van der Waals surface area contributed by atoms with Gasteiger partial charge in [0.05, 0.1) is 6.42 Å². The van der Waals surface area contributed by atoms with Crippen LogP contribution in [0.1, 0.15) is 33.6 Å². The maximum Gasteiger partial charge on any atom is 0.306 e. The summed E-state index contributed by atoms with van der Waals surface area (Å²) in [5.41, 5.74) is 3.08. The van der Waals surface area contributed by atoms with Crippen LogP contribution < -0.4 is 4.90 Å². The van der Waals surface area contributed by atoms with Gasteiger partial charge in [0.1, 0.15) is 5.60 Å². The topological polar surface area (TPSA) is 49.9 Å². The Bertz CT molecular complexity index is 835. The highest BCUT2D eigenvalue weighted by Gasteiger charge is 2.24. The third kappa shape index (κ3) is 5.83. The molecular formula is C24H30N2O3. The first-order valence-corrected chi connectivity index (χ1v) is 10.2. The van der Waals surface area contributed by atoms with E-state index in [2.05, 4.69) is 41.3 Å². The van der Waals surface area contributed by atoms with Crippen LogP contribution in [0.4, 0.5) is 5.69 Å². The van der Waals surface area contributed by atoms with Gasteiger partial charge in [-0.25, -0.2) is 0 Å². The molecule has 0 N–H and O–H groups in total. The molecule has 0 bridgehead atoms. The predicted molar refractivity (Wildman–Crippen MR) is 116 cm³/mol. The first-order chi connectivity index (χ1) is 13.8. The molecule has 1 saturated heterocycles. The number of benzene rings is 2. The molecule has 0 unspecified atom stereocenters. The van der Waals surface area contributed by atoms with Crippen LogP contribution in [0.5, 0.6) is 0 Å². The van der Waals surface area contributed by atoms with Gasteiger partial charge in [-0.2, -0.15) is 0 Å². The molecule has 0 atom stereocenters. The fourth-order valence-corrected chi connectivity index (χ4v) is 3.57. The van der Waals surface area contributed by atoms with Gasteiger partial charge < -0.3 is 14.5 Å². The zero-order valence-corrected chi connectivity index (χ0v) is 17.6. The average Bonchev–Trinajstić information content (AvgIpc) is 2.71. The number of carbonyl (C=O) groups is 2. The highest BCUT2D eigenvalue weighted by molar-refractivity contribution is 5.82. The van der Waals surface area contributed by atoms with E-state index in [1.807, 2.05) is 43.9 Å². The summed E-state index contributed by atoms with van der Waals surface area (Å²) in [6.45, 7) is 8.38. The number of rotatable bonds is 5. The molecule has 0 radical (unpaired) electrons. The monoisotopic (exact) mass is 394 g/mol. The van der Waals surface area contributed by atoms with Gasteiger partial charge in [0.15, 0.2) is 0 Å². The van der Waals surface area contributed by atoms with Crippen LogP contribution in [0, 0.1) is 0 Å². The van der Waals surface area contributed by atoms with Crippen molar-refractivity contribution in [3.05, 3.63) is 54.6 Å². The molecule has 29 heavy (non-hydrogen) atoms. The molecule has 154 valence electrons. The molecule has 0 aliphatic carbocycles. The van der Waals surface area contributed by atoms with Crippen LogP contribution in [-0.2, 0) is 14.3 Å². The summed E-state index contributed by atoms with van der Waals surface area (Å²) in [5.74, 6) is -0.298. The lowest BCUT2D eigenvalue weighted by Gasteiger charge is -2.37. The second-order valence-electron chi connectivity index (χ2n) is 8.34. The molecule has 1 aliphatic rings. The molecule has 0 spiro atoms. The minimum absolute atomic E-state index is 0.0202. The van der Waals surface area contributed by atoms with Crippen molar-refractivity contribution in [2.75, 3.05) is 31.1 Å². The Hall–Kier alpha value is -2.82. The summed E-state index contributed by atoms with van der Waals surface area (Å²) in [6, 6.07) is 18.8. The van der Waals surface area contributed by atoms with E-state index in [0.29, 0.717) is 13.1 Å². The third-order valence-corrected chi connectivity index (χ3v) is 4.92. The number of hydrogen-bond acceptors (Lipinski definition) is 4. The maximum atomic E-state index is 12.5. The number of hydrogen-bond donors (Lipinski definition) is 0. The van der Waals surface area contributed by atoms with Crippen molar-refractivity contribution in [3.8, 4) is 11.1 Å². The fraction of sp³-hybridized carbons (Fsp3) is 0.417. The van der Waals surface area contributed by atoms with Gasteiger partial charge >= 0.3 is 5.97 Å². The maximum absolute atomic E-state index is 12.5. The molecular weight excluding hydrogens is 364 g/mol. The Morgan fingerprint density at radius 2 is 1.48 bits per heavy atom. The van der Waals surface area contributed by atoms with Gasteiger partial charge in [-0.15, -0.1) is 0 Å². The summed E-state index contributed by atoms with van der Waals surface area (Å²) < 4.78 is 5.29. The first kappa shape index (κ1) is 20.9. The van der Waals surface area contributed by atoms with E-state index in [1.165, 1.54) is 16.8 Å². The number of amides is 1. The standard InChI is InChI=1S/C24H30N2O3/c1-24(2,3)29-23(28)14-13-22(27)26-17-15-25(16-18-26)21-12-8-7-11-20(21)19-9-5-4-6-10-19/h4-12H,13-18H2,1-3H3. The molecule has 3 rings (SSSR count). The van der Waals surface area contributed by atoms with E-state index in [0.717, 1.165) is 13.1 Å². The summed E-state index contributed by atoms with van der Waals surface area (Å²) in [6.07, 6.45) is 0.336. The summed E-state index contributed by atoms with van der Waals surface area (Å²) in [5, 5.41) is 0. The van der Waals surface area contributed by atoms with Gasteiger partial charge in [0.25, 0.3) is 0 Å². The molecule has 5 nitrogen and oxygen atoms in total. The molecule has 0 saturated carbocycles. The van der Waals surface area contributed by atoms with E-state index < -0.39 is 5.60 Å². The van der Waals surface area contributed by atoms with Crippen molar-refractivity contribution in [3.63, 3.8) is 0 Å². The van der Waals surface area contributed by atoms with E-state index in [1.54, 1.807) is 0 Å². The molecule has 1 heterocycles. The van der Waals surface area contributed by atoms with E-state index in [4.69, 9.17) is 4.74 Å². The minimum atomic E-state index is -0.516. The van der Waals surface area contributed by atoms with Crippen LogP contribution in [0.3, 0.4) is 0 Å². The Balaban J connectivity index is 1.56. The number of piperazine rings is 1. The molecule has 2 aromatic rings. The van der Waals surface area contributed by atoms with Crippen molar-refractivity contribution in [1.82, 2.24) is 4.90 Å². The Morgan fingerprint density at radius 1 is 0.862 bits per heavy atom. The second kappa shape index (κ2) is 9.12. The van der Waals surface area contributed by atoms with Gasteiger partial charge in [-0.1, -0.05) is 48.5 Å². The Morgan fingerprint density at radius 3 is 2.14 bits per heavy atom. The van der Waals surface area contributed by atoms with E-state index >= 15 is 0 Å². The number of anilines is 1. The van der Waals surface area contributed by atoms with Gasteiger partial charge in [-0.3, -0.25) is 9.59 Å². The molecule has 2 aromatic carbocycles. The van der Waals surface area contributed by atoms with E-state index in [-0.39, 0.29) is 24.7 Å². The number of nitrogens with zero attached hydrogens (tertiary/aromatic N) is 2. The molecule has 1 amide bonds. The van der Waals surface area contributed by atoms with Crippen LogP contribution in [0.2, 0.25) is 0 Å². The quantitative estimate of drug-likeness (QED) is 0.716. The van der Waals surface area contributed by atoms with Crippen molar-refractivity contribution in [2.45, 2.75) is 39.2 Å². The lowest BCUT2D eigenvalue weighted by Crippen LogP contribution is -2.49. The van der Waals surface area contributed by atoms with Crippen LogP contribution >= 0.6 is 0 Å². The molecule has 0 aromatic heterocycles. The molecule has 5 heteroatoms. The van der Waals surface area contributed by atoms with Crippen LogP contribution in [0.25, 0.3) is 11.1 Å². The minimum Gasteiger partial charge on any atom is -0.460 e. The number of para-hydroxylation sites is 1. The average molecular weight is 395 g/mol. The summed E-state index contributed by atoms with van der Waals surface area (Å²) >= 11 is 0. The van der Waals surface area contributed by atoms with Crippen molar-refractivity contribution < 1.29 is 14.3 Å². The first-order valence-electron chi connectivity index (χ1n) is 10.2. The summed E-state index contributed by atoms with van der Waals surface area (Å²) in [7, 11) is 0. The number of esters is 1. The smallest absolute Gasteiger partial charge is 0.306 e. The molecule has 1 fully saturated rings. The van der Waals surface area contributed by atoms with Gasteiger partial charge in [0.2, 0.25) is 5.91 Å². The highest BCUT2D eigenvalue weighted by Crippen LogP contribution is 2.31. The zero-order valence-electron chi connectivity index (χ0n) is 17.6. The highest BCUT2D eigenvalue weighted by atomic mass is 16.6. The SMILES string of the molecule is CC(C)(C)OC(=O)CCC(=O)N1CCN(c2ccccc2-c2ccccc2)CC1. The third-order valence-electron chi connectivity index (χ3n) is 4.92. The molecule has 1 aliphatic heterocycles. The number of ether oxygens (including phenoxy) is 1. The summed E-state index contributed by atoms with van der Waals surface area (Å²) in [4.78, 5) is 28.5. The van der Waals surface area contributed by atoms with Crippen molar-refractivity contribution in [1.29, 1.82) is 0 Å². The Labute approximate surface area is 173 Å². The van der Waals surface area contributed by atoms with Crippen molar-refractivity contribution >= 4 is 17.6 Å². The number of carbonyl (C=O) groups excluding carboxylic acids is 2. The van der Waals surface area contributed by atoms with Gasteiger partial charge in [-0.05, 0) is 32.4 Å². The predicted octanol–water partition coefficient (Wildman–Crippen LogP) is 4.12. The van der Waals surface area contributed by atoms with Crippen LogP contribution in [-0.4, -0.2) is 48.6 Å². The van der Waals surface area contributed by atoms with Crippen LogP contribution in [0.15, 0.2) is 54.6 Å².